The van der Waals surface area contributed by atoms with Crippen LogP contribution < -0.4 is 4.74 Å². The van der Waals surface area contributed by atoms with Crippen molar-refractivity contribution < 1.29 is 17.9 Å². The lowest BCUT2D eigenvalue weighted by atomic mass is 10.1. The maximum Gasteiger partial charge on any atom is 0.419 e. The van der Waals surface area contributed by atoms with E-state index >= 15 is 0 Å². The summed E-state index contributed by atoms with van der Waals surface area (Å²) in [6.07, 6.45) is -4.51. The van der Waals surface area contributed by atoms with Gasteiger partial charge in [-0.3, -0.25) is 0 Å². The van der Waals surface area contributed by atoms with Gasteiger partial charge in [-0.05, 0) is 35.9 Å². The summed E-state index contributed by atoms with van der Waals surface area (Å²) in [7, 11) is 0. The minimum atomic E-state index is -4.51. The molecule has 0 N–H and O–H groups in total. The Morgan fingerprint density at radius 2 is 1.90 bits per heavy atom. The van der Waals surface area contributed by atoms with E-state index in [9.17, 15) is 13.2 Å². The van der Waals surface area contributed by atoms with Gasteiger partial charge in [-0.1, -0.05) is 28.1 Å². The van der Waals surface area contributed by atoms with E-state index in [1.54, 1.807) is 18.2 Å². The van der Waals surface area contributed by atoms with Crippen molar-refractivity contribution in [2.24, 2.45) is 0 Å². The third-order valence-electron chi connectivity index (χ3n) is 2.69. The number of halogens is 4. The molecule has 0 unspecified atom stereocenters. The molecule has 0 aliphatic carbocycles. The molecule has 2 aromatic rings. The zero-order valence-electron chi connectivity index (χ0n) is 10.6. The molecule has 0 amide bonds. The molecule has 6 heteroatoms. The highest BCUT2D eigenvalue weighted by Gasteiger charge is 2.34. The minimum absolute atomic E-state index is 0.186. The summed E-state index contributed by atoms with van der Waals surface area (Å²) in [5, 5.41) is 9.11. The highest BCUT2D eigenvalue weighted by atomic mass is 79.9. The smallest absolute Gasteiger partial charge is 0.419 e. The number of hydrogen-bond acceptors (Lipinski definition) is 2. The molecule has 0 atom stereocenters. The number of alkyl halides is 4. The predicted molar refractivity (Wildman–Crippen MR) is 75.3 cm³/mol. The molecule has 2 rings (SSSR count). The second-order valence-corrected chi connectivity index (χ2v) is 4.76. The summed E-state index contributed by atoms with van der Waals surface area (Å²) in [5.74, 6) is -0.103. The Bertz CT molecular complexity index is 692. The maximum absolute atomic E-state index is 13.1. The Balaban J connectivity index is 2.41. The van der Waals surface area contributed by atoms with E-state index < -0.39 is 11.7 Å². The number of nitrogens with zero attached hydrogens (tertiary/aromatic N) is 1. The molecular formula is C15H9BrF3NO. The van der Waals surface area contributed by atoms with Crippen molar-refractivity contribution in [1.82, 2.24) is 0 Å². The van der Waals surface area contributed by atoms with Crippen molar-refractivity contribution >= 4 is 15.9 Å². The van der Waals surface area contributed by atoms with Gasteiger partial charge in [0, 0.05) is 5.33 Å². The summed E-state index contributed by atoms with van der Waals surface area (Å²) in [4.78, 5) is 0. The normalized spacial score (nSPS) is 11.0. The van der Waals surface area contributed by atoms with Crippen molar-refractivity contribution in [3.8, 4) is 17.6 Å². The van der Waals surface area contributed by atoms with Crippen LogP contribution in [-0.2, 0) is 11.5 Å². The molecule has 0 aliphatic rings. The highest BCUT2D eigenvalue weighted by molar-refractivity contribution is 9.08. The fourth-order valence-corrected chi connectivity index (χ4v) is 2.08. The molecule has 0 bridgehead atoms. The molecule has 21 heavy (non-hydrogen) atoms. The van der Waals surface area contributed by atoms with E-state index in [4.69, 9.17) is 10.00 Å². The molecule has 108 valence electrons. The minimum Gasteiger partial charge on any atom is -0.457 e. The summed E-state index contributed by atoms with van der Waals surface area (Å²) in [5.41, 5.74) is -0.0274. The van der Waals surface area contributed by atoms with Crippen molar-refractivity contribution in [1.29, 1.82) is 5.26 Å². The molecule has 0 radical (unpaired) electrons. The van der Waals surface area contributed by atoms with Crippen LogP contribution in [0.25, 0.3) is 0 Å². The standard InChI is InChI=1S/C15H9BrF3NO/c16-8-10-4-5-14(13(7-10)15(17,18)19)21-12-3-1-2-11(6-12)9-20/h1-7H,8H2. The Labute approximate surface area is 127 Å². The van der Waals surface area contributed by atoms with Crippen LogP contribution in [0.3, 0.4) is 0 Å². The van der Waals surface area contributed by atoms with Gasteiger partial charge >= 0.3 is 6.18 Å². The summed E-state index contributed by atoms with van der Waals surface area (Å²) in [6, 6.07) is 11.8. The van der Waals surface area contributed by atoms with E-state index in [-0.39, 0.29) is 11.5 Å². The first-order chi connectivity index (χ1) is 9.94. The Kier molecular flexibility index (Phi) is 4.53. The Morgan fingerprint density at radius 1 is 1.14 bits per heavy atom. The lowest BCUT2D eigenvalue weighted by molar-refractivity contribution is -0.138. The molecule has 0 saturated heterocycles. The maximum atomic E-state index is 13.1. The Morgan fingerprint density at radius 3 is 2.52 bits per heavy atom. The van der Waals surface area contributed by atoms with Crippen LogP contribution in [0.15, 0.2) is 42.5 Å². The van der Waals surface area contributed by atoms with Crippen LogP contribution >= 0.6 is 15.9 Å². The van der Waals surface area contributed by atoms with Gasteiger partial charge < -0.3 is 4.74 Å². The number of rotatable bonds is 3. The van der Waals surface area contributed by atoms with E-state index in [2.05, 4.69) is 15.9 Å². The van der Waals surface area contributed by atoms with E-state index in [1.165, 1.54) is 18.2 Å². The van der Waals surface area contributed by atoms with Crippen LogP contribution in [0.4, 0.5) is 13.2 Å². The number of nitriles is 1. The fraction of sp³-hybridized carbons (Fsp3) is 0.133. The van der Waals surface area contributed by atoms with Crippen molar-refractivity contribution in [3.05, 3.63) is 59.2 Å². The molecule has 2 nitrogen and oxygen atoms in total. The van der Waals surface area contributed by atoms with Crippen molar-refractivity contribution in [3.63, 3.8) is 0 Å². The first-order valence-corrected chi connectivity index (χ1v) is 7.00. The molecular weight excluding hydrogens is 347 g/mol. The summed E-state index contributed by atoms with van der Waals surface area (Å²) in [6.45, 7) is 0. The number of ether oxygens (including phenoxy) is 1. The Hall–Kier alpha value is -2.00. The molecule has 0 saturated carbocycles. The van der Waals surface area contributed by atoms with E-state index in [0.717, 1.165) is 6.07 Å². The monoisotopic (exact) mass is 355 g/mol. The second kappa shape index (κ2) is 6.19. The molecule has 0 fully saturated rings. The quantitative estimate of drug-likeness (QED) is 0.703. The average molecular weight is 356 g/mol. The van der Waals surface area contributed by atoms with Gasteiger partial charge in [0.2, 0.25) is 0 Å². The lowest BCUT2D eigenvalue weighted by Gasteiger charge is -2.14. The first kappa shape index (κ1) is 15.4. The second-order valence-electron chi connectivity index (χ2n) is 4.20. The summed E-state index contributed by atoms with van der Waals surface area (Å²) >= 11 is 3.12. The SMILES string of the molecule is N#Cc1cccc(Oc2ccc(CBr)cc2C(F)(F)F)c1. The van der Waals surface area contributed by atoms with Gasteiger partial charge in [-0.25, -0.2) is 0 Å². The third kappa shape index (κ3) is 3.76. The van der Waals surface area contributed by atoms with Crippen LogP contribution in [0.2, 0.25) is 0 Å². The van der Waals surface area contributed by atoms with Gasteiger partial charge in [0.1, 0.15) is 11.5 Å². The van der Waals surface area contributed by atoms with Crippen LogP contribution in [-0.4, -0.2) is 0 Å². The number of hydrogen-bond donors (Lipinski definition) is 0. The number of benzene rings is 2. The summed E-state index contributed by atoms with van der Waals surface area (Å²) < 4.78 is 44.5. The molecule has 0 aromatic heterocycles. The average Bonchev–Trinajstić information content (AvgIpc) is 2.46. The molecule has 0 spiro atoms. The molecule has 0 aliphatic heterocycles. The fourth-order valence-electron chi connectivity index (χ4n) is 1.73. The van der Waals surface area contributed by atoms with Crippen molar-refractivity contribution in [2.45, 2.75) is 11.5 Å². The van der Waals surface area contributed by atoms with E-state index in [1.807, 2.05) is 6.07 Å². The highest BCUT2D eigenvalue weighted by Crippen LogP contribution is 2.39. The van der Waals surface area contributed by atoms with Crippen LogP contribution in [0, 0.1) is 11.3 Å². The van der Waals surface area contributed by atoms with Gasteiger partial charge in [0.25, 0.3) is 0 Å². The van der Waals surface area contributed by atoms with Gasteiger partial charge in [0.15, 0.2) is 0 Å². The van der Waals surface area contributed by atoms with E-state index in [0.29, 0.717) is 16.5 Å². The van der Waals surface area contributed by atoms with Crippen molar-refractivity contribution in [2.75, 3.05) is 0 Å². The lowest BCUT2D eigenvalue weighted by Crippen LogP contribution is -2.07. The first-order valence-electron chi connectivity index (χ1n) is 5.88. The zero-order valence-corrected chi connectivity index (χ0v) is 12.2. The predicted octanol–water partition coefficient (Wildman–Crippen LogP) is 5.26. The van der Waals surface area contributed by atoms with Gasteiger partial charge in [-0.15, -0.1) is 0 Å². The van der Waals surface area contributed by atoms with Crippen LogP contribution in [0.5, 0.6) is 11.5 Å². The molecule has 2 aromatic carbocycles. The van der Waals surface area contributed by atoms with Gasteiger partial charge in [0.05, 0.1) is 17.2 Å². The van der Waals surface area contributed by atoms with Crippen LogP contribution in [0.1, 0.15) is 16.7 Å². The molecule has 0 heterocycles. The topological polar surface area (TPSA) is 33.0 Å². The largest absolute Gasteiger partial charge is 0.457 e. The zero-order chi connectivity index (χ0) is 15.5. The van der Waals surface area contributed by atoms with Gasteiger partial charge in [-0.2, -0.15) is 18.4 Å². The third-order valence-corrected chi connectivity index (χ3v) is 3.34.